The van der Waals surface area contributed by atoms with Crippen LogP contribution in [0.1, 0.15) is 18.5 Å². The van der Waals surface area contributed by atoms with Gasteiger partial charge in [0.15, 0.2) is 11.5 Å². The normalized spacial score (nSPS) is 18.3. The molecule has 0 amide bonds. The summed E-state index contributed by atoms with van der Waals surface area (Å²) in [4.78, 5) is 26.9. The molecule has 1 unspecified atom stereocenters. The average Bonchev–Trinajstić information content (AvgIpc) is 3.03. The van der Waals surface area contributed by atoms with Crippen LogP contribution >= 0.6 is 0 Å². The number of piperidine rings is 1. The van der Waals surface area contributed by atoms with Gasteiger partial charge in [-0.25, -0.2) is 24.9 Å². The van der Waals surface area contributed by atoms with E-state index in [2.05, 4.69) is 40.1 Å². The highest BCUT2D eigenvalue weighted by atomic mass is 15.2. The van der Waals surface area contributed by atoms with Crippen molar-refractivity contribution in [2.75, 3.05) is 23.3 Å². The number of H-pyrrole nitrogens is 1. The van der Waals surface area contributed by atoms with Gasteiger partial charge >= 0.3 is 0 Å². The second-order valence-electron chi connectivity index (χ2n) is 5.75. The molecule has 8 nitrogen and oxygen atoms in total. The first-order valence-corrected chi connectivity index (χ1v) is 7.75. The van der Waals surface area contributed by atoms with Gasteiger partial charge < -0.3 is 15.2 Å². The molecule has 4 rings (SSSR count). The number of aromatic amines is 1. The molecule has 3 aromatic heterocycles. The Morgan fingerprint density at radius 3 is 3.13 bits per heavy atom. The molecule has 3 aromatic rings. The zero-order valence-electron chi connectivity index (χ0n) is 12.9. The maximum atomic E-state index is 4.44. The second kappa shape index (κ2) is 5.79. The first-order chi connectivity index (χ1) is 11.3. The number of aromatic nitrogens is 6. The molecular formula is C15H18N8. The van der Waals surface area contributed by atoms with Crippen LogP contribution in [0, 0.1) is 6.92 Å². The Bertz CT molecular complexity index is 814. The van der Waals surface area contributed by atoms with Gasteiger partial charge in [-0.05, 0) is 25.8 Å². The topological polar surface area (TPSA) is 95.5 Å². The molecule has 1 atom stereocenters. The van der Waals surface area contributed by atoms with Crippen molar-refractivity contribution < 1.29 is 0 Å². The molecule has 118 valence electrons. The minimum Gasteiger partial charge on any atom is -0.353 e. The monoisotopic (exact) mass is 310 g/mol. The Kier molecular flexibility index (Phi) is 3.49. The summed E-state index contributed by atoms with van der Waals surface area (Å²) in [6.07, 6.45) is 7.18. The Morgan fingerprint density at radius 2 is 2.22 bits per heavy atom. The number of hydrogen-bond acceptors (Lipinski definition) is 7. The molecule has 0 bridgehead atoms. The van der Waals surface area contributed by atoms with Crippen LogP contribution in [0.4, 0.5) is 11.8 Å². The van der Waals surface area contributed by atoms with Gasteiger partial charge in [-0.1, -0.05) is 0 Å². The van der Waals surface area contributed by atoms with E-state index in [-0.39, 0.29) is 0 Å². The van der Waals surface area contributed by atoms with Gasteiger partial charge in [0.05, 0.1) is 6.33 Å². The predicted octanol–water partition coefficient (Wildman–Crippen LogP) is 1.53. The van der Waals surface area contributed by atoms with Crippen molar-refractivity contribution in [1.29, 1.82) is 0 Å². The number of imidazole rings is 1. The Hall–Kier alpha value is -2.77. The third-order valence-electron chi connectivity index (χ3n) is 4.05. The molecule has 2 N–H and O–H groups in total. The number of rotatable bonds is 3. The van der Waals surface area contributed by atoms with Gasteiger partial charge in [-0.2, -0.15) is 0 Å². The molecule has 1 saturated heterocycles. The molecule has 4 heterocycles. The molecule has 0 aromatic carbocycles. The maximum Gasteiger partial charge on any atom is 0.223 e. The Balaban J connectivity index is 1.54. The highest BCUT2D eigenvalue weighted by Crippen LogP contribution is 2.24. The van der Waals surface area contributed by atoms with Crippen LogP contribution in [0.5, 0.6) is 0 Å². The quantitative estimate of drug-likeness (QED) is 0.757. The lowest BCUT2D eigenvalue weighted by atomic mass is 10.1. The highest BCUT2D eigenvalue weighted by Gasteiger charge is 2.23. The minimum atomic E-state index is 0.290. The second-order valence-corrected chi connectivity index (χ2v) is 5.75. The summed E-state index contributed by atoms with van der Waals surface area (Å²) in [7, 11) is 0. The molecule has 1 aliphatic rings. The van der Waals surface area contributed by atoms with E-state index in [9.17, 15) is 0 Å². The number of anilines is 2. The van der Waals surface area contributed by atoms with E-state index in [0.29, 0.717) is 17.6 Å². The summed E-state index contributed by atoms with van der Waals surface area (Å²) in [5, 5.41) is 3.43. The van der Waals surface area contributed by atoms with E-state index in [4.69, 9.17) is 0 Å². The molecule has 0 spiro atoms. The molecule has 1 aliphatic heterocycles. The van der Waals surface area contributed by atoms with Crippen molar-refractivity contribution in [1.82, 2.24) is 29.9 Å². The van der Waals surface area contributed by atoms with Gasteiger partial charge in [-0.3, -0.25) is 0 Å². The molecule has 0 saturated carbocycles. The number of aryl methyl sites for hydroxylation is 1. The Morgan fingerprint density at radius 1 is 1.26 bits per heavy atom. The van der Waals surface area contributed by atoms with Crippen molar-refractivity contribution in [2.45, 2.75) is 25.8 Å². The van der Waals surface area contributed by atoms with Crippen molar-refractivity contribution in [3.63, 3.8) is 0 Å². The first-order valence-electron chi connectivity index (χ1n) is 7.75. The molecule has 0 radical (unpaired) electrons. The van der Waals surface area contributed by atoms with Crippen molar-refractivity contribution in [2.24, 2.45) is 0 Å². The van der Waals surface area contributed by atoms with E-state index >= 15 is 0 Å². The fourth-order valence-corrected chi connectivity index (χ4v) is 2.98. The van der Waals surface area contributed by atoms with Crippen LogP contribution in [-0.4, -0.2) is 49.0 Å². The summed E-state index contributed by atoms with van der Waals surface area (Å²) in [5.41, 5.74) is 2.55. The summed E-state index contributed by atoms with van der Waals surface area (Å²) < 4.78 is 0. The predicted molar refractivity (Wildman–Crippen MR) is 87.3 cm³/mol. The van der Waals surface area contributed by atoms with Crippen molar-refractivity contribution in [3.8, 4) is 0 Å². The average molecular weight is 310 g/mol. The first kappa shape index (κ1) is 13.9. The maximum absolute atomic E-state index is 4.44. The minimum absolute atomic E-state index is 0.290. The van der Waals surface area contributed by atoms with Crippen molar-refractivity contribution in [3.05, 3.63) is 30.6 Å². The van der Waals surface area contributed by atoms with E-state index in [1.165, 1.54) is 0 Å². The van der Waals surface area contributed by atoms with Gasteiger partial charge in [0, 0.05) is 31.0 Å². The van der Waals surface area contributed by atoms with E-state index in [1.807, 2.05) is 13.0 Å². The van der Waals surface area contributed by atoms with Gasteiger partial charge in [0.1, 0.15) is 11.8 Å². The number of hydrogen-bond donors (Lipinski definition) is 2. The number of fused-ring (bicyclic) bond motifs is 1. The van der Waals surface area contributed by atoms with Gasteiger partial charge in [0.25, 0.3) is 0 Å². The fraction of sp³-hybridized carbons (Fsp3) is 0.400. The van der Waals surface area contributed by atoms with Crippen LogP contribution < -0.4 is 10.2 Å². The summed E-state index contributed by atoms with van der Waals surface area (Å²) in [6, 6.07) is 2.19. The number of nitrogens with zero attached hydrogens (tertiary/aromatic N) is 6. The third kappa shape index (κ3) is 2.79. The standard InChI is InChI=1S/C15H18N8/c1-10-4-5-16-15(21-10)22-11-3-2-6-23(7-11)14-12-13(18-8-17-12)19-9-20-14/h4-5,8-9,11H,2-3,6-7H2,1H3,(H,16,21,22)(H,17,18,19,20). The highest BCUT2D eigenvalue weighted by molar-refractivity contribution is 5.82. The van der Waals surface area contributed by atoms with Gasteiger partial charge in [-0.15, -0.1) is 0 Å². The molecule has 8 heteroatoms. The van der Waals surface area contributed by atoms with Crippen LogP contribution in [0.3, 0.4) is 0 Å². The lowest BCUT2D eigenvalue weighted by molar-refractivity contribution is 0.525. The zero-order chi connectivity index (χ0) is 15.6. The fourth-order valence-electron chi connectivity index (χ4n) is 2.98. The molecular weight excluding hydrogens is 292 g/mol. The smallest absolute Gasteiger partial charge is 0.223 e. The van der Waals surface area contributed by atoms with E-state index in [0.717, 1.165) is 43.0 Å². The lowest BCUT2D eigenvalue weighted by Gasteiger charge is -2.34. The Labute approximate surface area is 133 Å². The summed E-state index contributed by atoms with van der Waals surface area (Å²) >= 11 is 0. The molecule has 0 aliphatic carbocycles. The molecule has 1 fully saturated rings. The molecule has 23 heavy (non-hydrogen) atoms. The van der Waals surface area contributed by atoms with Crippen molar-refractivity contribution >= 4 is 22.9 Å². The zero-order valence-corrected chi connectivity index (χ0v) is 12.9. The van der Waals surface area contributed by atoms with E-state index in [1.54, 1.807) is 18.9 Å². The van der Waals surface area contributed by atoms with Crippen LogP contribution in [-0.2, 0) is 0 Å². The summed E-state index contributed by atoms with van der Waals surface area (Å²) in [5.74, 6) is 1.59. The largest absolute Gasteiger partial charge is 0.353 e. The van der Waals surface area contributed by atoms with Crippen LogP contribution in [0.15, 0.2) is 24.9 Å². The van der Waals surface area contributed by atoms with Crippen LogP contribution in [0.25, 0.3) is 11.2 Å². The lowest BCUT2D eigenvalue weighted by Crippen LogP contribution is -2.43. The third-order valence-corrected chi connectivity index (χ3v) is 4.05. The van der Waals surface area contributed by atoms with Crippen LogP contribution in [0.2, 0.25) is 0 Å². The van der Waals surface area contributed by atoms with Gasteiger partial charge in [0.2, 0.25) is 5.95 Å². The van der Waals surface area contributed by atoms with E-state index < -0.39 is 0 Å². The number of nitrogens with one attached hydrogen (secondary N) is 2. The SMILES string of the molecule is Cc1ccnc(NC2CCCN(c3ncnc4nc[nH]c34)C2)n1. The summed E-state index contributed by atoms with van der Waals surface area (Å²) in [6.45, 7) is 3.79.